The molecule has 11 heteroatoms. The van der Waals surface area contributed by atoms with E-state index in [4.69, 9.17) is 5.14 Å². The van der Waals surface area contributed by atoms with E-state index in [9.17, 15) is 25.3 Å². The van der Waals surface area contributed by atoms with Gasteiger partial charge in [0.1, 0.15) is 0 Å². The van der Waals surface area contributed by atoms with Crippen LogP contribution in [0.3, 0.4) is 0 Å². The Morgan fingerprint density at radius 2 is 1.29 bits per heavy atom. The molecule has 0 atom stereocenters. The van der Waals surface area contributed by atoms with Crippen molar-refractivity contribution in [3.63, 3.8) is 0 Å². The summed E-state index contributed by atoms with van der Waals surface area (Å²) in [5.74, 6) is -1.36. The smallest absolute Gasteiger partial charge is 0.229 e. The van der Waals surface area contributed by atoms with Crippen molar-refractivity contribution in [3.05, 3.63) is 24.3 Å². The van der Waals surface area contributed by atoms with Gasteiger partial charge < -0.3 is 0 Å². The molecule has 1 rings (SSSR count). The molecule has 1 aromatic rings. The fourth-order valence-corrected chi connectivity index (χ4v) is 4.87. The van der Waals surface area contributed by atoms with Crippen LogP contribution in [-0.2, 0) is 29.9 Å². The van der Waals surface area contributed by atoms with E-state index < -0.39 is 41.4 Å². The van der Waals surface area contributed by atoms with E-state index in [-0.39, 0.29) is 9.79 Å². The van der Waals surface area contributed by atoms with Crippen LogP contribution < -0.4 is 5.14 Å². The minimum atomic E-state index is -3.89. The lowest BCUT2D eigenvalue weighted by molar-refractivity contribution is 0.520. The van der Waals surface area contributed by atoms with Crippen LogP contribution >= 0.6 is 0 Å². The molecule has 1 aromatic carbocycles. The van der Waals surface area contributed by atoms with Crippen LogP contribution in [0.5, 0.6) is 0 Å². The maximum absolute atomic E-state index is 11.9. The fraction of sp³-hybridized carbons (Fsp3) is 0.400. The number of nitrogens with zero attached hydrogens (tertiary/aromatic N) is 1. The summed E-state index contributed by atoms with van der Waals surface area (Å²) in [5, 5.41) is 4.76. The van der Waals surface area contributed by atoms with Crippen LogP contribution in [0.25, 0.3) is 0 Å². The molecule has 0 amide bonds. The third-order valence-corrected chi connectivity index (χ3v) is 7.19. The first-order valence-corrected chi connectivity index (χ1v) is 10.4. The first-order chi connectivity index (χ1) is 9.36. The van der Waals surface area contributed by atoms with Crippen LogP contribution in [0.4, 0.5) is 0 Å². The van der Waals surface area contributed by atoms with Gasteiger partial charge in [0.15, 0.2) is 9.84 Å². The number of hydrogen-bond donors (Lipinski definition) is 1. The zero-order chi connectivity index (χ0) is 16.5. The standard InChI is InChI=1S/C10H16N2O6S3/c1-12(2)21(17,18)10-5-3-9(4-6-10)19(13,14)7-8-20(11,15)16/h3-6H,7-8H2,1-2H3,(H2,11,15,16). The van der Waals surface area contributed by atoms with Gasteiger partial charge in [-0.25, -0.2) is 34.7 Å². The fourth-order valence-electron chi connectivity index (χ4n) is 1.37. The van der Waals surface area contributed by atoms with Crippen molar-refractivity contribution in [3.8, 4) is 0 Å². The van der Waals surface area contributed by atoms with Gasteiger partial charge in [-0.2, -0.15) is 0 Å². The average molecular weight is 356 g/mol. The highest BCUT2D eigenvalue weighted by Crippen LogP contribution is 2.17. The molecule has 8 nitrogen and oxygen atoms in total. The quantitative estimate of drug-likeness (QED) is 0.695. The predicted octanol–water partition coefficient (Wildman–Crippen LogP) is -1.00. The van der Waals surface area contributed by atoms with Gasteiger partial charge >= 0.3 is 0 Å². The molecule has 2 N–H and O–H groups in total. The summed E-state index contributed by atoms with van der Waals surface area (Å²) >= 11 is 0. The van der Waals surface area contributed by atoms with Crippen molar-refractivity contribution in [2.24, 2.45) is 5.14 Å². The molecule has 120 valence electrons. The highest BCUT2D eigenvalue weighted by molar-refractivity contribution is 7.94. The van der Waals surface area contributed by atoms with Crippen molar-refractivity contribution in [1.82, 2.24) is 4.31 Å². The molecule has 0 saturated carbocycles. The molecule has 0 unspecified atom stereocenters. The number of sulfone groups is 1. The summed E-state index contributed by atoms with van der Waals surface area (Å²) in [6, 6.07) is 4.54. The number of nitrogens with two attached hydrogens (primary N) is 1. The van der Waals surface area contributed by atoms with E-state index in [1.807, 2.05) is 0 Å². The molecule has 0 aliphatic carbocycles. The second-order valence-corrected chi connectivity index (χ2v) is 10.4. The van der Waals surface area contributed by atoms with Crippen molar-refractivity contribution >= 4 is 29.9 Å². The minimum absolute atomic E-state index is 0.0575. The second kappa shape index (κ2) is 6.01. The van der Waals surface area contributed by atoms with Crippen molar-refractivity contribution < 1.29 is 25.3 Å². The number of primary sulfonamides is 1. The predicted molar refractivity (Wildman–Crippen MR) is 77.3 cm³/mol. The van der Waals surface area contributed by atoms with E-state index in [2.05, 4.69) is 0 Å². The van der Waals surface area contributed by atoms with Gasteiger partial charge in [-0.05, 0) is 24.3 Å². The summed E-state index contributed by atoms with van der Waals surface area (Å²) in [5.41, 5.74) is 0. The molecule has 0 aromatic heterocycles. The molecular formula is C10H16N2O6S3. The minimum Gasteiger partial charge on any atom is -0.229 e. The van der Waals surface area contributed by atoms with Gasteiger partial charge in [0.05, 0.1) is 21.3 Å². The van der Waals surface area contributed by atoms with E-state index in [1.54, 1.807) is 0 Å². The van der Waals surface area contributed by atoms with Crippen LogP contribution in [0.2, 0.25) is 0 Å². The van der Waals surface area contributed by atoms with E-state index in [1.165, 1.54) is 14.1 Å². The Kier molecular flexibility index (Phi) is 5.16. The van der Waals surface area contributed by atoms with Gasteiger partial charge in [-0.1, -0.05) is 0 Å². The van der Waals surface area contributed by atoms with Gasteiger partial charge in [-0.15, -0.1) is 0 Å². The summed E-state index contributed by atoms with van der Waals surface area (Å²) in [6.45, 7) is 0. The first kappa shape index (κ1) is 18.0. The van der Waals surface area contributed by atoms with Crippen LogP contribution in [0.15, 0.2) is 34.1 Å². The maximum Gasteiger partial charge on any atom is 0.242 e. The van der Waals surface area contributed by atoms with Crippen LogP contribution in [0, 0.1) is 0 Å². The Balaban J connectivity index is 3.08. The lowest BCUT2D eigenvalue weighted by atomic mass is 10.4. The number of hydrogen-bond acceptors (Lipinski definition) is 6. The van der Waals surface area contributed by atoms with E-state index >= 15 is 0 Å². The SMILES string of the molecule is CN(C)S(=O)(=O)c1ccc(S(=O)(=O)CCS(N)(=O)=O)cc1. The molecular weight excluding hydrogens is 340 g/mol. The van der Waals surface area contributed by atoms with Crippen molar-refractivity contribution in [2.45, 2.75) is 9.79 Å². The third-order valence-electron chi connectivity index (χ3n) is 2.60. The molecule has 0 heterocycles. The molecule has 0 aliphatic heterocycles. The Hall–Kier alpha value is -1.01. The van der Waals surface area contributed by atoms with Crippen LogP contribution in [0.1, 0.15) is 0 Å². The summed E-state index contributed by atoms with van der Waals surface area (Å²) in [4.78, 5) is -0.221. The van der Waals surface area contributed by atoms with Gasteiger partial charge in [0.2, 0.25) is 20.0 Å². The first-order valence-electron chi connectivity index (χ1n) is 5.62. The van der Waals surface area contributed by atoms with Crippen LogP contribution in [-0.4, -0.2) is 55.2 Å². The highest BCUT2D eigenvalue weighted by atomic mass is 32.2. The highest BCUT2D eigenvalue weighted by Gasteiger charge is 2.21. The molecule has 0 aliphatic rings. The summed E-state index contributed by atoms with van der Waals surface area (Å²) in [6.07, 6.45) is 0. The van der Waals surface area contributed by atoms with Crippen molar-refractivity contribution in [2.75, 3.05) is 25.6 Å². The molecule has 0 saturated heterocycles. The lowest BCUT2D eigenvalue weighted by Crippen LogP contribution is -2.23. The molecule has 0 fully saturated rings. The average Bonchev–Trinajstić information content (AvgIpc) is 2.36. The monoisotopic (exact) mass is 356 g/mol. The number of benzene rings is 1. The van der Waals surface area contributed by atoms with Gasteiger partial charge in [0, 0.05) is 14.1 Å². The zero-order valence-corrected chi connectivity index (χ0v) is 13.9. The van der Waals surface area contributed by atoms with E-state index in [0.29, 0.717) is 0 Å². The lowest BCUT2D eigenvalue weighted by Gasteiger charge is -2.11. The summed E-state index contributed by atoms with van der Waals surface area (Å²) in [7, 11) is -8.68. The Morgan fingerprint density at radius 1 is 0.857 bits per heavy atom. The molecule has 0 bridgehead atoms. The number of sulfonamides is 2. The Bertz CT molecular complexity index is 808. The largest absolute Gasteiger partial charge is 0.242 e. The second-order valence-electron chi connectivity index (χ2n) is 4.44. The summed E-state index contributed by atoms with van der Waals surface area (Å²) < 4.78 is 70.0. The normalized spacial score (nSPS) is 13.5. The molecule has 0 spiro atoms. The van der Waals surface area contributed by atoms with Gasteiger partial charge in [0.25, 0.3) is 0 Å². The number of rotatable bonds is 6. The molecule has 0 radical (unpaired) electrons. The van der Waals surface area contributed by atoms with Crippen molar-refractivity contribution in [1.29, 1.82) is 0 Å². The topological polar surface area (TPSA) is 132 Å². The Morgan fingerprint density at radius 3 is 1.67 bits per heavy atom. The van der Waals surface area contributed by atoms with Gasteiger partial charge in [-0.3, -0.25) is 0 Å². The maximum atomic E-state index is 11.9. The zero-order valence-electron chi connectivity index (χ0n) is 11.4. The Labute approximate surface area is 124 Å². The van der Waals surface area contributed by atoms with E-state index in [0.717, 1.165) is 28.6 Å². The third kappa shape index (κ3) is 4.74. The molecule has 21 heavy (non-hydrogen) atoms.